The van der Waals surface area contributed by atoms with Crippen LogP contribution in [0.4, 0.5) is 0 Å². The fraction of sp³-hybridized carbons (Fsp3) is 0.273. The second kappa shape index (κ2) is 5.65. The predicted octanol–water partition coefficient (Wildman–Crippen LogP) is 2.20. The maximum absolute atomic E-state index is 11.3. The maximum atomic E-state index is 11.3. The summed E-state index contributed by atoms with van der Waals surface area (Å²) in [7, 11) is 1.28. The first-order valence-electron chi connectivity index (χ1n) is 4.54. The Morgan fingerprint density at radius 1 is 1.38 bits per heavy atom. The highest BCUT2D eigenvalue weighted by Crippen LogP contribution is 2.23. The number of ketones is 1. The van der Waals surface area contributed by atoms with Crippen LogP contribution in [0.25, 0.3) is 0 Å². The van der Waals surface area contributed by atoms with E-state index in [1.54, 1.807) is 18.2 Å². The third kappa shape index (κ3) is 3.34. The normalized spacial score (nSPS) is 9.69. The first kappa shape index (κ1) is 12.7. The largest absolute Gasteiger partial charge is 0.481 e. The topological polar surface area (TPSA) is 52.6 Å². The van der Waals surface area contributed by atoms with Crippen LogP contribution < -0.4 is 4.74 Å². The first-order chi connectivity index (χ1) is 7.54. The standard InChI is InChI=1S/C11H11BrO4/c1-7(13)9-5-8(12)3-4-10(9)16-6-11(14)15-2/h3-5H,6H2,1-2H3. The monoisotopic (exact) mass is 286 g/mol. The van der Waals surface area contributed by atoms with Gasteiger partial charge in [0.2, 0.25) is 0 Å². The molecular weight excluding hydrogens is 276 g/mol. The summed E-state index contributed by atoms with van der Waals surface area (Å²) < 4.78 is 10.4. The molecule has 0 amide bonds. The zero-order valence-electron chi connectivity index (χ0n) is 8.95. The number of esters is 1. The zero-order valence-corrected chi connectivity index (χ0v) is 10.5. The summed E-state index contributed by atoms with van der Waals surface area (Å²) >= 11 is 3.26. The molecule has 0 bridgehead atoms. The molecule has 86 valence electrons. The minimum Gasteiger partial charge on any atom is -0.481 e. The molecule has 0 aliphatic rings. The van der Waals surface area contributed by atoms with Crippen LogP contribution in [0.5, 0.6) is 5.75 Å². The Balaban J connectivity index is 2.87. The maximum Gasteiger partial charge on any atom is 0.343 e. The van der Waals surface area contributed by atoms with E-state index < -0.39 is 5.97 Å². The van der Waals surface area contributed by atoms with Crippen molar-refractivity contribution in [3.63, 3.8) is 0 Å². The van der Waals surface area contributed by atoms with E-state index in [0.29, 0.717) is 11.3 Å². The van der Waals surface area contributed by atoms with Gasteiger partial charge in [0.15, 0.2) is 12.4 Å². The summed E-state index contributed by atoms with van der Waals surface area (Å²) in [6.45, 7) is 1.23. The molecule has 0 N–H and O–H groups in total. The van der Waals surface area contributed by atoms with Gasteiger partial charge in [-0.3, -0.25) is 4.79 Å². The summed E-state index contributed by atoms with van der Waals surface area (Å²) in [5.41, 5.74) is 0.429. The molecule has 0 spiro atoms. The van der Waals surface area contributed by atoms with Gasteiger partial charge in [0, 0.05) is 4.47 Å². The highest BCUT2D eigenvalue weighted by atomic mass is 79.9. The fourth-order valence-corrected chi connectivity index (χ4v) is 1.46. The Hall–Kier alpha value is -1.36. The zero-order chi connectivity index (χ0) is 12.1. The van der Waals surface area contributed by atoms with Crippen molar-refractivity contribution >= 4 is 27.7 Å². The molecule has 0 radical (unpaired) electrons. The average Bonchev–Trinajstić information content (AvgIpc) is 2.26. The molecule has 5 heteroatoms. The van der Waals surface area contributed by atoms with E-state index in [-0.39, 0.29) is 12.4 Å². The Kier molecular flexibility index (Phi) is 4.49. The van der Waals surface area contributed by atoms with Crippen LogP contribution in [0.1, 0.15) is 17.3 Å². The van der Waals surface area contributed by atoms with Crippen LogP contribution in [0, 0.1) is 0 Å². The smallest absolute Gasteiger partial charge is 0.343 e. The van der Waals surface area contributed by atoms with Crippen LogP contribution >= 0.6 is 15.9 Å². The molecule has 16 heavy (non-hydrogen) atoms. The SMILES string of the molecule is COC(=O)COc1ccc(Br)cc1C(C)=O. The number of halogens is 1. The lowest BCUT2D eigenvalue weighted by Crippen LogP contribution is -2.13. The van der Waals surface area contributed by atoms with Crippen molar-refractivity contribution in [1.82, 2.24) is 0 Å². The van der Waals surface area contributed by atoms with Crippen molar-refractivity contribution in [3.8, 4) is 5.75 Å². The predicted molar refractivity (Wildman–Crippen MR) is 61.7 cm³/mol. The van der Waals surface area contributed by atoms with E-state index in [2.05, 4.69) is 20.7 Å². The van der Waals surface area contributed by atoms with Crippen molar-refractivity contribution in [3.05, 3.63) is 28.2 Å². The summed E-state index contributed by atoms with van der Waals surface area (Å²) in [6.07, 6.45) is 0. The molecule has 4 nitrogen and oxygen atoms in total. The molecule has 0 atom stereocenters. The van der Waals surface area contributed by atoms with Gasteiger partial charge in [-0.25, -0.2) is 4.79 Å². The van der Waals surface area contributed by atoms with Crippen LogP contribution in [0.2, 0.25) is 0 Å². The average molecular weight is 287 g/mol. The van der Waals surface area contributed by atoms with Gasteiger partial charge in [-0.05, 0) is 25.1 Å². The summed E-state index contributed by atoms with van der Waals surface area (Å²) in [5, 5.41) is 0. The van der Waals surface area contributed by atoms with Gasteiger partial charge in [-0.1, -0.05) is 15.9 Å². The Labute approximate surface area is 102 Å². The van der Waals surface area contributed by atoms with Gasteiger partial charge in [-0.15, -0.1) is 0 Å². The third-order valence-corrected chi connectivity index (χ3v) is 2.39. The number of methoxy groups -OCH3 is 1. The Bertz CT molecular complexity index is 414. The van der Waals surface area contributed by atoms with Crippen molar-refractivity contribution in [2.75, 3.05) is 13.7 Å². The quantitative estimate of drug-likeness (QED) is 0.629. The number of hydrogen-bond donors (Lipinski definition) is 0. The second-order valence-corrected chi connectivity index (χ2v) is 3.98. The summed E-state index contributed by atoms with van der Waals surface area (Å²) in [5.74, 6) is -0.236. The third-order valence-electron chi connectivity index (χ3n) is 1.89. The summed E-state index contributed by atoms with van der Waals surface area (Å²) in [4.78, 5) is 22.2. The van der Waals surface area contributed by atoms with Crippen molar-refractivity contribution < 1.29 is 19.1 Å². The highest BCUT2D eigenvalue weighted by Gasteiger charge is 2.10. The van der Waals surface area contributed by atoms with E-state index >= 15 is 0 Å². The van der Waals surface area contributed by atoms with Crippen LogP contribution in [0.3, 0.4) is 0 Å². The molecule has 0 unspecified atom stereocenters. The van der Waals surface area contributed by atoms with Gasteiger partial charge < -0.3 is 9.47 Å². The molecule has 1 rings (SSSR count). The van der Waals surface area contributed by atoms with E-state index in [4.69, 9.17) is 4.74 Å². The first-order valence-corrected chi connectivity index (χ1v) is 5.34. The van der Waals surface area contributed by atoms with Gasteiger partial charge >= 0.3 is 5.97 Å². The van der Waals surface area contributed by atoms with Crippen LogP contribution in [0.15, 0.2) is 22.7 Å². The van der Waals surface area contributed by atoms with Crippen molar-refractivity contribution in [2.45, 2.75) is 6.92 Å². The number of benzene rings is 1. The van der Waals surface area contributed by atoms with Crippen molar-refractivity contribution in [2.24, 2.45) is 0 Å². The van der Waals surface area contributed by atoms with Gasteiger partial charge in [0.1, 0.15) is 5.75 Å². The van der Waals surface area contributed by atoms with E-state index in [0.717, 1.165) is 4.47 Å². The molecule has 0 heterocycles. The van der Waals surface area contributed by atoms with E-state index in [1.165, 1.54) is 14.0 Å². The van der Waals surface area contributed by atoms with E-state index in [9.17, 15) is 9.59 Å². The molecule has 0 fully saturated rings. The lowest BCUT2D eigenvalue weighted by Gasteiger charge is -2.08. The lowest BCUT2D eigenvalue weighted by atomic mass is 10.1. The van der Waals surface area contributed by atoms with Crippen LogP contribution in [-0.2, 0) is 9.53 Å². The minimum atomic E-state index is -0.488. The molecular formula is C11H11BrO4. The molecule has 1 aromatic carbocycles. The van der Waals surface area contributed by atoms with Gasteiger partial charge in [0.25, 0.3) is 0 Å². The molecule has 1 aromatic rings. The minimum absolute atomic E-state index is 0.124. The number of rotatable bonds is 4. The Morgan fingerprint density at radius 2 is 2.06 bits per heavy atom. The molecule has 0 aliphatic carbocycles. The van der Waals surface area contributed by atoms with E-state index in [1.807, 2.05) is 0 Å². The highest BCUT2D eigenvalue weighted by molar-refractivity contribution is 9.10. The molecule has 0 aliphatic heterocycles. The van der Waals surface area contributed by atoms with Crippen molar-refractivity contribution in [1.29, 1.82) is 0 Å². The number of hydrogen-bond acceptors (Lipinski definition) is 4. The molecule has 0 aromatic heterocycles. The lowest BCUT2D eigenvalue weighted by molar-refractivity contribution is -0.142. The number of Topliss-reactive ketones (excluding diaryl/α,β-unsaturated/α-hetero) is 1. The van der Waals surface area contributed by atoms with Crippen LogP contribution in [-0.4, -0.2) is 25.5 Å². The number of ether oxygens (including phenoxy) is 2. The number of carbonyl (C=O) groups excluding carboxylic acids is 2. The second-order valence-electron chi connectivity index (χ2n) is 3.06. The summed E-state index contributed by atoms with van der Waals surface area (Å²) in [6, 6.07) is 5.01. The number of carbonyl (C=O) groups is 2. The molecule has 0 saturated heterocycles. The van der Waals surface area contributed by atoms with Gasteiger partial charge in [0.05, 0.1) is 12.7 Å². The Morgan fingerprint density at radius 3 is 2.62 bits per heavy atom. The molecule has 0 saturated carbocycles. The van der Waals surface area contributed by atoms with Gasteiger partial charge in [-0.2, -0.15) is 0 Å². The fourth-order valence-electron chi connectivity index (χ4n) is 1.10.